The molecule has 4 aliphatic rings. The zero-order chi connectivity index (χ0) is 22.2. The van der Waals surface area contributed by atoms with Gasteiger partial charge < -0.3 is 21.7 Å². The highest BCUT2D eigenvalue weighted by atomic mass is 35.5. The standard InChI is InChI=1S/C30H33N2O.ClH/c1-22-10-4-5-11-25(22)30-26-14-12-23(31-16-6-2-7-17-31)20-28(26)33-29-21-24(13-15-27(29)30)32-18-8-3-9-19-32;/h4-5,10-15,20-21H,2-3,6-9,16-19H2,1H3;1H/q+1;/p-1. The molecule has 0 unspecified atom stereocenters. The zero-order valence-electron chi connectivity index (χ0n) is 20.0. The van der Waals surface area contributed by atoms with E-state index in [1.807, 2.05) is 0 Å². The molecule has 176 valence electrons. The van der Waals surface area contributed by atoms with Gasteiger partial charge in [-0.25, -0.2) is 4.58 Å². The number of anilines is 1. The lowest BCUT2D eigenvalue weighted by Gasteiger charge is -2.29. The summed E-state index contributed by atoms with van der Waals surface area (Å²) in [5, 5.41) is 2.48. The van der Waals surface area contributed by atoms with E-state index < -0.39 is 0 Å². The molecule has 0 spiro atoms. The third-order valence-electron chi connectivity index (χ3n) is 7.55. The average Bonchev–Trinajstić information content (AvgIpc) is 2.88. The van der Waals surface area contributed by atoms with Crippen LogP contribution in [0.4, 0.5) is 5.69 Å². The number of rotatable bonds is 2. The van der Waals surface area contributed by atoms with Crippen molar-refractivity contribution in [3.63, 3.8) is 0 Å². The van der Waals surface area contributed by atoms with E-state index in [4.69, 9.17) is 4.42 Å². The summed E-state index contributed by atoms with van der Waals surface area (Å²) in [7, 11) is 0. The second kappa shape index (κ2) is 9.84. The van der Waals surface area contributed by atoms with Gasteiger partial charge in [0.15, 0.2) is 0 Å². The summed E-state index contributed by atoms with van der Waals surface area (Å²) in [5.74, 6) is 0.986. The van der Waals surface area contributed by atoms with Crippen molar-refractivity contribution in [2.24, 2.45) is 0 Å². The van der Waals surface area contributed by atoms with Crippen molar-refractivity contribution < 1.29 is 16.8 Å². The van der Waals surface area contributed by atoms with Gasteiger partial charge in [-0.1, -0.05) is 24.3 Å². The maximum Gasteiger partial charge on any atom is 0.203 e. The van der Waals surface area contributed by atoms with Crippen LogP contribution in [0.25, 0.3) is 33.4 Å². The number of hydrogen-bond acceptors (Lipinski definition) is 2. The molecule has 0 amide bonds. The lowest BCUT2D eigenvalue weighted by Crippen LogP contribution is -3.00. The normalized spacial score (nSPS) is 16.6. The first kappa shape index (κ1) is 23.0. The number of benzene rings is 3. The fourth-order valence-electron chi connectivity index (χ4n) is 5.71. The van der Waals surface area contributed by atoms with Gasteiger partial charge >= 0.3 is 0 Å². The fourth-order valence-corrected chi connectivity index (χ4v) is 5.71. The Balaban J connectivity index is 0.00000241. The molecule has 4 heteroatoms. The molecule has 6 rings (SSSR count). The molecule has 3 aliphatic heterocycles. The van der Waals surface area contributed by atoms with Crippen LogP contribution in [0, 0.1) is 6.92 Å². The smallest absolute Gasteiger partial charge is 0.203 e. The van der Waals surface area contributed by atoms with Crippen molar-refractivity contribution in [3.8, 4) is 22.5 Å². The van der Waals surface area contributed by atoms with Crippen molar-refractivity contribution in [2.75, 3.05) is 31.1 Å². The van der Waals surface area contributed by atoms with Gasteiger partial charge in [-0.15, -0.1) is 0 Å². The average molecular weight is 473 g/mol. The van der Waals surface area contributed by atoms with Gasteiger partial charge in [0.2, 0.25) is 5.36 Å². The van der Waals surface area contributed by atoms with Crippen molar-refractivity contribution in [2.45, 2.75) is 45.4 Å². The maximum absolute atomic E-state index is 6.66. The Morgan fingerprint density at radius 1 is 0.765 bits per heavy atom. The fraction of sp³-hybridized carbons (Fsp3) is 0.367. The second-order valence-corrected chi connectivity index (χ2v) is 9.75. The largest absolute Gasteiger partial charge is 1.00 e. The Kier molecular flexibility index (Phi) is 6.65. The minimum absolute atomic E-state index is 0. The summed E-state index contributed by atoms with van der Waals surface area (Å²) < 4.78 is 9.17. The molecular weight excluding hydrogens is 440 g/mol. The van der Waals surface area contributed by atoms with Gasteiger partial charge in [-0.3, -0.25) is 0 Å². The van der Waals surface area contributed by atoms with Crippen LogP contribution < -0.4 is 27.2 Å². The molecule has 2 aromatic carbocycles. The number of hydrogen-bond donors (Lipinski definition) is 0. The Hall–Kier alpha value is -2.78. The highest BCUT2D eigenvalue weighted by Gasteiger charge is 2.21. The minimum atomic E-state index is 0. The lowest BCUT2D eigenvalue weighted by atomic mass is 9.91. The van der Waals surface area contributed by atoms with E-state index in [0.717, 1.165) is 37.5 Å². The first-order valence-electron chi connectivity index (χ1n) is 12.7. The SMILES string of the molecule is Cc1ccccc1-c1c2ccc(=[N+]3CCCCC3)cc-2oc2cc(N3CCCCC3)ccc12.[Cl-]. The van der Waals surface area contributed by atoms with Crippen LogP contribution >= 0.6 is 0 Å². The molecule has 0 radical (unpaired) electrons. The topological polar surface area (TPSA) is 19.4 Å². The molecule has 34 heavy (non-hydrogen) atoms. The number of piperidine rings is 2. The Morgan fingerprint density at radius 2 is 1.53 bits per heavy atom. The molecule has 3 heterocycles. The van der Waals surface area contributed by atoms with E-state index in [1.54, 1.807) is 0 Å². The van der Waals surface area contributed by atoms with Gasteiger partial charge in [0.1, 0.15) is 24.4 Å². The van der Waals surface area contributed by atoms with E-state index >= 15 is 0 Å². The van der Waals surface area contributed by atoms with Crippen LogP contribution in [0.15, 0.2) is 65.1 Å². The number of nitrogens with zero attached hydrogens (tertiary/aromatic N) is 2. The summed E-state index contributed by atoms with van der Waals surface area (Å²) in [4.78, 5) is 2.51. The molecule has 0 aromatic heterocycles. The molecule has 3 nitrogen and oxygen atoms in total. The number of aryl methyl sites for hydroxylation is 1. The van der Waals surface area contributed by atoms with Gasteiger partial charge in [0.05, 0.1) is 6.07 Å². The number of halogens is 1. The quantitative estimate of drug-likeness (QED) is 0.329. The summed E-state index contributed by atoms with van der Waals surface area (Å²) in [6.07, 6.45) is 7.80. The molecule has 2 aromatic rings. The van der Waals surface area contributed by atoms with Crippen LogP contribution in [0.2, 0.25) is 0 Å². The van der Waals surface area contributed by atoms with Crippen LogP contribution in [0.3, 0.4) is 0 Å². The molecule has 0 N–H and O–H groups in total. The predicted molar refractivity (Wildman–Crippen MR) is 138 cm³/mol. The van der Waals surface area contributed by atoms with Crippen LogP contribution in [-0.4, -0.2) is 26.2 Å². The minimum Gasteiger partial charge on any atom is -1.00 e. The molecule has 0 bridgehead atoms. The molecule has 2 fully saturated rings. The zero-order valence-corrected chi connectivity index (χ0v) is 20.8. The van der Waals surface area contributed by atoms with Gasteiger partial charge in [-0.2, -0.15) is 0 Å². The Labute approximate surface area is 208 Å². The van der Waals surface area contributed by atoms with Gasteiger partial charge in [0.25, 0.3) is 0 Å². The maximum atomic E-state index is 6.66. The molecule has 1 aliphatic carbocycles. The van der Waals surface area contributed by atoms with Crippen molar-refractivity contribution >= 4 is 16.7 Å². The van der Waals surface area contributed by atoms with Crippen LogP contribution in [0.1, 0.15) is 44.1 Å². The summed E-state index contributed by atoms with van der Waals surface area (Å²) in [5.41, 5.74) is 7.35. The molecular formula is C30H33ClN2O. The third-order valence-corrected chi connectivity index (χ3v) is 7.55. The summed E-state index contributed by atoms with van der Waals surface area (Å²) >= 11 is 0. The van der Waals surface area contributed by atoms with E-state index in [2.05, 4.69) is 77.1 Å². The lowest BCUT2D eigenvalue weighted by molar-refractivity contribution is -0.00000705. The van der Waals surface area contributed by atoms with E-state index in [1.165, 1.54) is 77.2 Å². The third kappa shape index (κ3) is 4.22. The second-order valence-electron chi connectivity index (χ2n) is 9.75. The monoisotopic (exact) mass is 472 g/mol. The summed E-state index contributed by atoms with van der Waals surface area (Å²) in [6.45, 7) is 6.78. The van der Waals surface area contributed by atoms with E-state index in [0.29, 0.717) is 0 Å². The van der Waals surface area contributed by atoms with Gasteiger partial charge in [0, 0.05) is 60.3 Å². The molecule has 0 atom stereocenters. The van der Waals surface area contributed by atoms with Gasteiger partial charge in [-0.05, 0) is 61.9 Å². The van der Waals surface area contributed by atoms with E-state index in [9.17, 15) is 0 Å². The Morgan fingerprint density at radius 3 is 2.32 bits per heavy atom. The van der Waals surface area contributed by atoms with E-state index in [-0.39, 0.29) is 12.4 Å². The highest BCUT2D eigenvalue weighted by molar-refractivity contribution is 6.03. The Bertz CT molecular complexity index is 1340. The first-order valence-corrected chi connectivity index (χ1v) is 12.7. The van der Waals surface area contributed by atoms with Crippen LogP contribution in [0.5, 0.6) is 0 Å². The summed E-state index contributed by atoms with van der Waals surface area (Å²) in [6, 6.07) is 22.4. The van der Waals surface area contributed by atoms with Crippen molar-refractivity contribution in [3.05, 3.63) is 71.6 Å². The van der Waals surface area contributed by atoms with Crippen molar-refractivity contribution in [1.82, 2.24) is 4.58 Å². The molecule has 2 saturated heterocycles. The number of fused-ring (bicyclic) bond motifs is 2. The molecule has 0 saturated carbocycles. The van der Waals surface area contributed by atoms with Crippen molar-refractivity contribution in [1.29, 1.82) is 0 Å². The first-order chi connectivity index (χ1) is 16.3. The van der Waals surface area contributed by atoms with Crippen LogP contribution in [-0.2, 0) is 0 Å². The predicted octanol–water partition coefficient (Wildman–Crippen LogP) is 3.46. The highest BCUT2D eigenvalue weighted by Crippen LogP contribution is 2.42.